The van der Waals surface area contributed by atoms with Crippen LogP contribution in [0.5, 0.6) is 11.5 Å². The smallest absolute Gasteiger partial charge is 0.307 e. The lowest BCUT2D eigenvalue weighted by Crippen LogP contribution is -2.39. The lowest BCUT2D eigenvalue weighted by Gasteiger charge is -2.29. The van der Waals surface area contributed by atoms with Gasteiger partial charge in [0.05, 0.1) is 31.8 Å². The molecule has 0 fully saturated rings. The van der Waals surface area contributed by atoms with Gasteiger partial charge in [-0.2, -0.15) is 0 Å². The van der Waals surface area contributed by atoms with Gasteiger partial charge in [0.1, 0.15) is 0 Å². The first kappa shape index (κ1) is 15.6. The molecule has 2 rings (SSSR count). The first-order valence-corrected chi connectivity index (χ1v) is 7.33. The zero-order chi connectivity index (χ0) is 15.3. The van der Waals surface area contributed by atoms with E-state index in [1.54, 1.807) is 0 Å². The fourth-order valence-electron chi connectivity index (χ4n) is 2.34. The van der Waals surface area contributed by atoms with Gasteiger partial charge in [-0.05, 0) is 38.6 Å². The van der Waals surface area contributed by atoms with Gasteiger partial charge >= 0.3 is 5.97 Å². The van der Waals surface area contributed by atoms with Gasteiger partial charge in [0.25, 0.3) is 0 Å². The molecule has 1 unspecified atom stereocenters. The predicted octanol–water partition coefficient (Wildman–Crippen LogP) is 2.24. The number of carbonyl (C=O) groups is 1. The number of benzene rings is 1. The molecule has 1 aliphatic rings. The Bertz CT molecular complexity index is 503. The van der Waals surface area contributed by atoms with Gasteiger partial charge in [0.2, 0.25) is 0 Å². The summed E-state index contributed by atoms with van der Waals surface area (Å²) in [6.45, 7) is 5.48. The molecule has 1 atom stereocenters. The summed E-state index contributed by atoms with van der Waals surface area (Å²) in [7, 11) is 1.84. The van der Waals surface area contributed by atoms with E-state index >= 15 is 0 Å². The Morgan fingerprint density at radius 2 is 2.05 bits per heavy atom. The molecule has 116 valence electrons. The van der Waals surface area contributed by atoms with Gasteiger partial charge in [-0.3, -0.25) is 4.79 Å². The second-order valence-electron chi connectivity index (χ2n) is 5.28. The van der Waals surface area contributed by atoms with E-state index in [2.05, 4.69) is 5.32 Å². The molecular formula is C16H23NO4. The molecule has 1 aromatic carbocycles. The average Bonchev–Trinajstić information content (AvgIpc) is 2.71. The summed E-state index contributed by atoms with van der Waals surface area (Å²) in [6.07, 6.45) is 1.13. The van der Waals surface area contributed by atoms with Gasteiger partial charge < -0.3 is 19.5 Å². The maximum atomic E-state index is 11.8. The average molecular weight is 293 g/mol. The van der Waals surface area contributed by atoms with Crippen molar-refractivity contribution in [3.63, 3.8) is 0 Å². The minimum Gasteiger partial charge on any atom is -0.490 e. The van der Waals surface area contributed by atoms with E-state index in [0.29, 0.717) is 19.8 Å². The Kier molecular flexibility index (Phi) is 5.07. The van der Waals surface area contributed by atoms with E-state index in [4.69, 9.17) is 14.2 Å². The lowest BCUT2D eigenvalue weighted by atomic mass is 9.88. The summed E-state index contributed by atoms with van der Waals surface area (Å²) in [6, 6.07) is 5.80. The third kappa shape index (κ3) is 3.67. The van der Waals surface area contributed by atoms with E-state index in [1.807, 2.05) is 39.1 Å². The van der Waals surface area contributed by atoms with E-state index in [-0.39, 0.29) is 12.4 Å². The Morgan fingerprint density at radius 3 is 2.71 bits per heavy atom. The van der Waals surface area contributed by atoms with Crippen LogP contribution in [-0.2, 0) is 15.1 Å². The van der Waals surface area contributed by atoms with Gasteiger partial charge in [-0.15, -0.1) is 0 Å². The molecule has 21 heavy (non-hydrogen) atoms. The number of hydrogen-bond acceptors (Lipinski definition) is 5. The van der Waals surface area contributed by atoms with Crippen LogP contribution < -0.4 is 14.8 Å². The minimum absolute atomic E-state index is 0.221. The van der Waals surface area contributed by atoms with Crippen LogP contribution in [-0.4, -0.2) is 32.8 Å². The van der Waals surface area contributed by atoms with E-state index < -0.39 is 5.54 Å². The molecule has 1 aromatic rings. The van der Waals surface area contributed by atoms with Crippen LogP contribution in [0.15, 0.2) is 18.2 Å². The normalized spacial score (nSPS) is 16.7. The molecule has 0 saturated heterocycles. The van der Waals surface area contributed by atoms with Gasteiger partial charge in [0, 0.05) is 6.42 Å². The second-order valence-corrected chi connectivity index (χ2v) is 5.28. The second kappa shape index (κ2) is 6.80. The summed E-state index contributed by atoms with van der Waals surface area (Å²) in [5.41, 5.74) is 0.471. The zero-order valence-corrected chi connectivity index (χ0v) is 12.9. The first-order chi connectivity index (χ1) is 10.1. The first-order valence-electron chi connectivity index (χ1n) is 7.33. The van der Waals surface area contributed by atoms with Crippen molar-refractivity contribution in [2.45, 2.75) is 32.2 Å². The molecule has 0 saturated carbocycles. The molecule has 0 spiro atoms. The highest BCUT2D eigenvalue weighted by molar-refractivity contribution is 5.71. The van der Waals surface area contributed by atoms with Crippen LogP contribution in [0.2, 0.25) is 0 Å². The predicted molar refractivity (Wildman–Crippen MR) is 79.7 cm³/mol. The third-order valence-corrected chi connectivity index (χ3v) is 3.74. The molecule has 1 aliphatic heterocycles. The fraction of sp³-hybridized carbons (Fsp3) is 0.562. The summed E-state index contributed by atoms with van der Waals surface area (Å²) in [4.78, 5) is 11.8. The van der Waals surface area contributed by atoms with Crippen molar-refractivity contribution in [2.24, 2.45) is 0 Å². The van der Waals surface area contributed by atoms with Crippen molar-refractivity contribution >= 4 is 5.97 Å². The monoisotopic (exact) mass is 293 g/mol. The van der Waals surface area contributed by atoms with E-state index in [0.717, 1.165) is 23.5 Å². The van der Waals surface area contributed by atoms with Crippen molar-refractivity contribution in [1.29, 1.82) is 0 Å². The summed E-state index contributed by atoms with van der Waals surface area (Å²) < 4.78 is 16.4. The molecule has 0 amide bonds. The number of esters is 1. The lowest BCUT2D eigenvalue weighted by molar-refractivity contribution is -0.144. The van der Waals surface area contributed by atoms with E-state index in [1.165, 1.54) is 0 Å². The maximum Gasteiger partial charge on any atom is 0.307 e. The number of fused-ring (bicyclic) bond motifs is 1. The van der Waals surface area contributed by atoms with Crippen molar-refractivity contribution in [2.75, 3.05) is 26.9 Å². The highest BCUT2D eigenvalue weighted by Crippen LogP contribution is 2.35. The van der Waals surface area contributed by atoms with Crippen LogP contribution in [0, 0.1) is 0 Å². The highest BCUT2D eigenvalue weighted by atomic mass is 16.5. The summed E-state index contributed by atoms with van der Waals surface area (Å²) >= 11 is 0. The zero-order valence-electron chi connectivity index (χ0n) is 12.9. The Hall–Kier alpha value is -1.75. The molecular weight excluding hydrogens is 270 g/mol. The fourth-order valence-corrected chi connectivity index (χ4v) is 2.34. The molecule has 0 radical (unpaired) electrons. The van der Waals surface area contributed by atoms with Gasteiger partial charge in [-0.25, -0.2) is 0 Å². The van der Waals surface area contributed by atoms with Gasteiger partial charge in [-0.1, -0.05) is 6.07 Å². The molecule has 5 nitrogen and oxygen atoms in total. The van der Waals surface area contributed by atoms with Crippen LogP contribution in [0.4, 0.5) is 0 Å². The SMILES string of the molecule is CCOC(=O)CC(C)(NC)c1ccc2c(c1)OCCCO2. The maximum absolute atomic E-state index is 11.8. The molecule has 0 aromatic heterocycles. The topological polar surface area (TPSA) is 56.8 Å². The number of nitrogens with one attached hydrogen (secondary N) is 1. The number of hydrogen-bond donors (Lipinski definition) is 1. The molecule has 1 N–H and O–H groups in total. The van der Waals surface area contributed by atoms with E-state index in [9.17, 15) is 4.79 Å². The van der Waals surface area contributed by atoms with Crippen LogP contribution in [0.3, 0.4) is 0 Å². The minimum atomic E-state index is -0.503. The summed E-state index contributed by atoms with van der Waals surface area (Å²) in [5.74, 6) is 1.27. The Balaban J connectivity index is 2.25. The molecule has 5 heteroatoms. The molecule has 0 bridgehead atoms. The third-order valence-electron chi connectivity index (χ3n) is 3.74. The van der Waals surface area contributed by atoms with Crippen molar-refractivity contribution in [3.8, 4) is 11.5 Å². The van der Waals surface area contributed by atoms with Crippen LogP contribution in [0.25, 0.3) is 0 Å². The molecule has 0 aliphatic carbocycles. The standard InChI is InChI=1S/C16H23NO4/c1-4-19-15(18)11-16(2,17-3)12-6-7-13-14(10-12)21-9-5-8-20-13/h6-7,10,17H,4-5,8-9,11H2,1-3H3. The number of ether oxygens (including phenoxy) is 3. The van der Waals surface area contributed by atoms with Gasteiger partial charge in [0.15, 0.2) is 11.5 Å². The quantitative estimate of drug-likeness (QED) is 0.844. The number of carbonyl (C=O) groups excluding carboxylic acids is 1. The van der Waals surface area contributed by atoms with Crippen LogP contribution >= 0.6 is 0 Å². The van der Waals surface area contributed by atoms with Crippen molar-refractivity contribution in [3.05, 3.63) is 23.8 Å². The number of rotatable bonds is 5. The summed E-state index contributed by atoms with van der Waals surface area (Å²) in [5, 5.41) is 3.21. The van der Waals surface area contributed by atoms with Crippen molar-refractivity contribution < 1.29 is 19.0 Å². The van der Waals surface area contributed by atoms with Crippen molar-refractivity contribution in [1.82, 2.24) is 5.32 Å². The Labute approximate surface area is 125 Å². The van der Waals surface area contributed by atoms with Crippen LogP contribution in [0.1, 0.15) is 32.3 Å². The Morgan fingerprint density at radius 1 is 1.33 bits per heavy atom. The highest BCUT2D eigenvalue weighted by Gasteiger charge is 2.29. The molecule has 1 heterocycles. The largest absolute Gasteiger partial charge is 0.490 e.